The highest BCUT2D eigenvalue weighted by Gasteiger charge is 2.19. The first-order valence-electron chi connectivity index (χ1n) is 13.7. The SMILES string of the molecule is [2H]C([2H])(c1ccccc1OCCCCCC(=O)CO)N(Cc1ccccc1)C(=O)c1ccc(-c2ccoc2)cc1. The number of aliphatic hydroxyl groups is 1. The van der Waals surface area contributed by atoms with Crippen molar-refractivity contribution in [3.63, 3.8) is 0 Å². The number of nitrogens with zero attached hydrogens (tertiary/aromatic N) is 1. The Kier molecular flexibility index (Phi) is 8.89. The first-order chi connectivity index (χ1) is 19.4. The van der Waals surface area contributed by atoms with E-state index in [1.54, 1.807) is 48.9 Å². The van der Waals surface area contributed by atoms with Crippen molar-refractivity contribution in [1.82, 2.24) is 4.90 Å². The van der Waals surface area contributed by atoms with Gasteiger partial charge in [0, 0.05) is 36.2 Å². The molecule has 1 N–H and O–H groups in total. The number of aliphatic hydroxyl groups excluding tert-OH is 1. The largest absolute Gasteiger partial charge is 0.493 e. The zero-order chi connectivity index (χ0) is 28.4. The molecule has 1 heterocycles. The number of ketones is 1. The summed E-state index contributed by atoms with van der Waals surface area (Å²) in [5, 5.41) is 8.85. The Morgan fingerprint density at radius 3 is 2.37 bits per heavy atom. The number of benzene rings is 3. The summed E-state index contributed by atoms with van der Waals surface area (Å²) in [5.41, 5.74) is 3.20. The van der Waals surface area contributed by atoms with Crippen molar-refractivity contribution in [2.45, 2.75) is 38.7 Å². The maximum absolute atomic E-state index is 13.9. The first-order valence-corrected chi connectivity index (χ1v) is 12.7. The molecule has 0 aliphatic carbocycles. The third kappa shape index (κ3) is 7.67. The maximum Gasteiger partial charge on any atom is 0.254 e. The lowest BCUT2D eigenvalue weighted by Gasteiger charge is -2.24. The van der Waals surface area contributed by atoms with E-state index in [0.29, 0.717) is 37.2 Å². The van der Waals surface area contributed by atoms with Crippen molar-refractivity contribution in [2.24, 2.45) is 0 Å². The van der Waals surface area contributed by atoms with Crippen LogP contribution in [-0.2, 0) is 17.8 Å². The molecule has 196 valence electrons. The molecule has 0 unspecified atom stereocenters. The average Bonchev–Trinajstić information content (AvgIpc) is 3.53. The molecule has 0 radical (unpaired) electrons. The van der Waals surface area contributed by atoms with Crippen LogP contribution in [0, 0.1) is 0 Å². The van der Waals surface area contributed by atoms with Crippen molar-refractivity contribution < 1.29 is 26.6 Å². The van der Waals surface area contributed by atoms with Crippen LogP contribution in [0.15, 0.2) is 102 Å². The van der Waals surface area contributed by atoms with Gasteiger partial charge in [0.2, 0.25) is 0 Å². The zero-order valence-electron chi connectivity index (χ0n) is 23.2. The van der Waals surface area contributed by atoms with Crippen molar-refractivity contribution >= 4 is 11.7 Å². The second kappa shape index (κ2) is 14.0. The van der Waals surface area contributed by atoms with Gasteiger partial charge in [0.25, 0.3) is 5.91 Å². The third-order valence-electron chi connectivity index (χ3n) is 6.09. The van der Waals surface area contributed by atoms with Crippen LogP contribution in [0.1, 0.15) is 49.9 Å². The van der Waals surface area contributed by atoms with Gasteiger partial charge in [-0.15, -0.1) is 0 Å². The molecule has 38 heavy (non-hydrogen) atoms. The van der Waals surface area contributed by atoms with Crippen LogP contribution >= 0.6 is 0 Å². The van der Waals surface area contributed by atoms with Gasteiger partial charge in [0.05, 0.1) is 21.9 Å². The topological polar surface area (TPSA) is 80.0 Å². The number of hydrogen-bond donors (Lipinski definition) is 1. The summed E-state index contributed by atoms with van der Waals surface area (Å²) < 4.78 is 29.5. The van der Waals surface area contributed by atoms with E-state index in [2.05, 4.69) is 0 Å². The van der Waals surface area contributed by atoms with Crippen molar-refractivity contribution in [3.8, 4) is 16.9 Å². The van der Waals surface area contributed by atoms with Crippen molar-refractivity contribution in [2.75, 3.05) is 13.2 Å². The number of amides is 1. The van der Waals surface area contributed by atoms with Gasteiger partial charge in [-0.3, -0.25) is 9.59 Å². The Morgan fingerprint density at radius 1 is 0.868 bits per heavy atom. The molecule has 0 aliphatic heterocycles. The van der Waals surface area contributed by atoms with E-state index >= 15 is 0 Å². The molecule has 6 nitrogen and oxygen atoms in total. The molecule has 1 aromatic heterocycles. The fourth-order valence-electron chi connectivity index (χ4n) is 4.01. The molecule has 0 spiro atoms. The van der Waals surface area contributed by atoms with Crippen LogP contribution in [0.25, 0.3) is 11.1 Å². The van der Waals surface area contributed by atoms with E-state index in [-0.39, 0.29) is 17.9 Å². The molecule has 0 bridgehead atoms. The van der Waals surface area contributed by atoms with E-state index in [1.165, 1.54) is 4.90 Å². The van der Waals surface area contributed by atoms with Gasteiger partial charge in [-0.2, -0.15) is 0 Å². The highest BCUT2D eigenvalue weighted by molar-refractivity contribution is 5.94. The number of hydrogen-bond acceptors (Lipinski definition) is 5. The lowest BCUT2D eigenvalue weighted by molar-refractivity contribution is -0.121. The minimum atomic E-state index is -2.19. The minimum absolute atomic E-state index is 0.0589. The van der Waals surface area contributed by atoms with Gasteiger partial charge in [-0.1, -0.05) is 60.7 Å². The fraction of sp³-hybridized carbons (Fsp3) is 0.250. The van der Waals surface area contributed by atoms with Crippen molar-refractivity contribution in [1.29, 1.82) is 0 Å². The number of carbonyl (C=O) groups is 2. The maximum atomic E-state index is 13.9. The standard InChI is InChI=1S/C32H33NO5/c34-23-30(35)12-5-2-8-19-38-31-13-7-6-11-28(31)22-33(21-25-9-3-1-4-10-25)32(36)27-16-14-26(15-17-27)29-18-20-37-24-29/h1,3-4,6-7,9-11,13-18,20,24,34H,2,5,8,12,19,21-23H2/i22D2. The predicted octanol–water partition coefficient (Wildman–Crippen LogP) is 6.29. The third-order valence-corrected chi connectivity index (χ3v) is 6.09. The van der Waals surface area contributed by atoms with Crippen molar-refractivity contribution in [3.05, 3.63) is 114 Å². The van der Waals surface area contributed by atoms with E-state index < -0.39 is 19.0 Å². The second-order valence-corrected chi connectivity index (χ2v) is 8.93. The first kappa shape index (κ1) is 24.2. The van der Waals surface area contributed by atoms with Gasteiger partial charge in [0.15, 0.2) is 5.78 Å². The molecular weight excluding hydrogens is 478 g/mol. The predicted molar refractivity (Wildman–Crippen MR) is 147 cm³/mol. The summed E-state index contributed by atoms with van der Waals surface area (Å²) in [5.74, 6) is -0.269. The van der Waals surface area contributed by atoms with Gasteiger partial charge in [-0.05, 0) is 54.7 Å². The normalized spacial score (nSPS) is 11.9. The smallest absolute Gasteiger partial charge is 0.254 e. The highest BCUT2D eigenvalue weighted by Crippen LogP contribution is 2.24. The van der Waals surface area contributed by atoms with E-state index in [1.807, 2.05) is 48.5 Å². The van der Waals surface area contributed by atoms with Crippen LogP contribution in [0.3, 0.4) is 0 Å². The lowest BCUT2D eigenvalue weighted by Crippen LogP contribution is -2.30. The van der Waals surface area contributed by atoms with Crippen LogP contribution in [0.5, 0.6) is 5.75 Å². The summed E-state index contributed by atoms with van der Waals surface area (Å²) in [4.78, 5) is 26.4. The Balaban J connectivity index is 1.56. The molecule has 3 aromatic carbocycles. The number of furan rings is 1. The average molecular weight is 514 g/mol. The zero-order valence-corrected chi connectivity index (χ0v) is 21.2. The van der Waals surface area contributed by atoms with Crippen LogP contribution in [-0.4, -0.2) is 34.9 Å². The monoisotopic (exact) mass is 513 g/mol. The summed E-state index contributed by atoms with van der Waals surface area (Å²) in [6.45, 7) is -2.24. The number of unbranched alkanes of at least 4 members (excludes halogenated alkanes) is 2. The molecule has 6 heteroatoms. The van der Waals surface area contributed by atoms with Crippen LogP contribution < -0.4 is 4.74 Å². The number of para-hydroxylation sites is 1. The lowest BCUT2D eigenvalue weighted by atomic mass is 10.1. The Morgan fingerprint density at radius 2 is 1.63 bits per heavy atom. The molecular formula is C32H33NO5. The molecule has 0 fully saturated rings. The molecule has 0 saturated carbocycles. The van der Waals surface area contributed by atoms with Gasteiger partial charge < -0.3 is 19.2 Å². The van der Waals surface area contributed by atoms with E-state index in [0.717, 1.165) is 23.1 Å². The number of carbonyl (C=O) groups excluding carboxylic acids is 2. The molecule has 4 rings (SSSR count). The Labute approximate surface area is 226 Å². The van der Waals surface area contributed by atoms with Crippen LogP contribution in [0.2, 0.25) is 0 Å². The van der Waals surface area contributed by atoms with Crippen LogP contribution in [0.4, 0.5) is 0 Å². The summed E-state index contributed by atoms with van der Waals surface area (Å²) in [6.07, 6.45) is 5.62. The Hall–Kier alpha value is -4.16. The van der Waals surface area contributed by atoms with Gasteiger partial charge >= 0.3 is 0 Å². The molecule has 0 atom stereocenters. The quantitative estimate of drug-likeness (QED) is 0.201. The van der Waals surface area contributed by atoms with Gasteiger partial charge in [-0.25, -0.2) is 0 Å². The molecule has 0 aliphatic rings. The van der Waals surface area contributed by atoms with E-state index in [9.17, 15) is 12.3 Å². The van der Waals surface area contributed by atoms with Gasteiger partial charge in [0.1, 0.15) is 12.4 Å². The minimum Gasteiger partial charge on any atom is -0.493 e. The molecule has 1 amide bonds. The second-order valence-electron chi connectivity index (χ2n) is 8.93. The number of ether oxygens (including phenoxy) is 1. The Bertz CT molecular complexity index is 1370. The highest BCUT2D eigenvalue weighted by atomic mass is 16.5. The summed E-state index contributed by atoms with van der Waals surface area (Å²) >= 11 is 0. The number of Topliss-reactive ketones (excluding diaryl/α,β-unsaturated/α-hetero) is 1. The summed E-state index contributed by atoms with van der Waals surface area (Å²) in [6, 6.07) is 25.0. The summed E-state index contributed by atoms with van der Waals surface area (Å²) in [7, 11) is 0. The molecule has 0 saturated heterocycles. The van der Waals surface area contributed by atoms with E-state index in [4.69, 9.17) is 14.3 Å². The molecule has 4 aromatic rings. The number of rotatable bonds is 14. The fourth-order valence-corrected chi connectivity index (χ4v) is 4.01.